The van der Waals surface area contributed by atoms with Gasteiger partial charge in [-0.25, -0.2) is 9.97 Å². The number of para-hydroxylation sites is 1. The number of thiazole rings is 1. The maximum Gasteiger partial charge on any atom is 0.276 e. The van der Waals surface area contributed by atoms with Crippen molar-refractivity contribution in [2.45, 2.75) is 0 Å². The molecule has 3 aromatic rings. The van der Waals surface area contributed by atoms with Crippen LogP contribution in [-0.2, 0) is 0 Å². The molecule has 0 saturated heterocycles. The number of nitrogens with one attached hydrogen (secondary N) is 1. The standard InChI is InChI=1S/C13H8ClN3OS/c14-9-7-11(12(18)17-13-15-5-6-19-13)16-10-4-2-1-3-8(9)10/h1-7H,(H,15,17,18). The number of nitrogens with zero attached hydrogens (tertiary/aromatic N) is 2. The molecule has 1 amide bonds. The van der Waals surface area contributed by atoms with Gasteiger partial charge in [0.25, 0.3) is 5.91 Å². The summed E-state index contributed by atoms with van der Waals surface area (Å²) in [5.74, 6) is -0.317. The van der Waals surface area contributed by atoms with Crippen LogP contribution in [0.4, 0.5) is 5.13 Å². The van der Waals surface area contributed by atoms with Crippen molar-refractivity contribution in [1.82, 2.24) is 9.97 Å². The summed E-state index contributed by atoms with van der Waals surface area (Å²) in [6, 6.07) is 8.99. The van der Waals surface area contributed by atoms with E-state index in [-0.39, 0.29) is 11.6 Å². The van der Waals surface area contributed by atoms with Crippen molar-refractivity contribution in [2.24, 2.45) is 0 Å². The average molecular weight is 290 g/mol. The highest BCUT2D eigenvalue weighted by molar-refractivity contribution is 7.13. The fourth-order valence-electron chi connectivity index (χ4n) is 1.70. The second kappa shape index (κ2) is 4.95. The molecule has 0 spiro atoms. The Morgan fingerprint density at radius 2 is 2.16 bits per heavy atom. The Balaban J connectivity index is 1.98. The molecule has 3 rings (SSSR count). The van der Waals surface area contributed by atoms with Crippen molar-refractivity contribution in [3.63, 3.8) is 0 Å². The Hall–Kier alpha value is -1.98. The monoisotopic (exact) mass is 289 g/mol. The van der Waals surface area contributed by atoms with Gasteiger partial charge in [0.05, 0.1) is 10.5 Å². The number of pyridine rings is 1. The summed E-state index contributed by atoms with van der Waals surface area (Å²) in [4.78, 5) is 20.3. The van der Waals surface area contributed by atoms with Crippen LogP contribution in [-0.4, -0.2) is 15.9 Å². The molecule has 19 heavy (non-hydrogen) atoms. The fraction of sp³-hybridized carbons (Fsp3) is 0. The molecular weight excluding hydrogens is 282 g/mol. The van der Waals surface area contributed by atoms with Crippen LogP contribution in [0.15, 0.2) is 41.9 Å². The first-order valence-corrected chi connectivity index (χ1v) is 6.76. The van der Waals surface area contributed by atoms with Gasteiger partial charge in [0.1, 0.15) is 5.69 Å². The van der Waals surface area contributed by atoms with Crippen LogP contribution in [0.25, 0.3) is 10.9 Å². The van der Waals surface area contributed by atoms with E-state index in [1.807, 2.05) is 24.3 Å². The minimum atomic E-state index is -0.317. The lowest BCUT2D eigenvalue weighted by molar-refractivity contribution is 0.102. The van der Waals surface area contributed by atoms with E-state index in [2.05, 4.69) is 15.3 Å². The number of amides is 1. The second-order valence-electron chi connectivity index (χ2n) is 3.80. The Bertz CT molecular complexity index is 743. The third kappa shape index (κ3) is 2.43. The van der Waals surface area contributed by atoms with E-state index >= 15 is 0 Å². The number of fused-ring (bicyclic) bond motifs is 1. The average Bonchev–Trinajstić information content (AvgIpc) is 2.91. The molecule has 0 aliphatic rings. The predicted molar refractivity (Wildman–Crippen MR) is 76.8 cm³/mol. The molecule has 4 nitrogen and oxygen atoms in total. The van der Waals surface area contributed by atoms with Crippen molar-refractivity contribution in [2.75, 3.05) is 5.32 Å². The lowest BCUT2D eigenvalue weighted by Crippen LogP contribution is -2.13. The van der Waals surface area contributed by atoms with Gasteiger partial charge < -0.3 is 0 Å². The van der Waals surface area contributed by atoms with Crippen molar-refractivity contribution < 1.29 is 4.79 Å². The zero-order chi connectivity index (χ0) is 13.2. The molecule has 2 heterocycles. The predicted octanol–water partition coefficient (Wildman–Crippen LogP) is 3.60. The van der Waals surface area contributed by atoms with E-state index in [0.29, 0.717) is 15.7 Å². The van der Waals surface area contributed by atoms with Crippen molar-refractivity contribution in [3.8, 4) is 0 Å². The maximum atomic E-state index is 12.0. The summed E-state index contributed by atoms with van der Waals surface area (Å²) < 4.78 is 0. The smallest absolute Gasteiger partial charge is 0.276 e. The van der Waals surface area contributed by atoms with E-state index in [1.54, 1.807) is 17.6 Å². The second-order valence-corrected chi connectivity index (χ2v) is 5.10. The number of hydrogen-bond acceptors (Lipinski definition) is 4. The van der Waals surface area contributed by atoms with Crippen LogP contribution in [0.5, 0.6) is 0 Å². The van der Waals surface area contributed by atoms with Crippen LogP contribution in [0.2, 0.25) is 5.02 Å². The highest BCUT2D eigenvalue weighted by Crippen LogP contribution is 2.23. The number of hydrogen-bond donors (Lipinski definition) is 1. The minimum Gasteiger partial charge on any atom is -0.296 e. The summed E-state index contributed by atoms with van der Waals surface area (Å²) >= 11 is 7.51. The highest BCUT2D eigenvalue weighted by atomic mass is 35.5. The van der Waals surface area contributed by atoms with Gasteiger partial charge in [-0.05, 0) is 12.1 Å². The van der Waals surface area contributed by atoms with E-state index < -0.39 is 0 Å². The van der Waals surface area contributed by atoms with Gasteiger partial charge in [0.15, 0.2) is 5.13 Å². The topological polar surface area (TPSA) is 54.9 Å². The third-order valence-corrected chi connectivity index (χ3v) is 3.55. The largest absolute Gasteiger partial charge is 0.296 e. The molecule has 1 aromatic carbocycles. The molecule has 0 saturated carbocycles. The molecule has 94 valence electrons. The van der Waals surface area contributed by atoms with Crippen molar-refractivity contribution in [1.29, 1.82) is 0 Å². The van der Waals surface area contributed by atoms with Gasteiger partial charge in [-0.15, -0.1) is 11.3 Å². The van der Waals surface area contributed by atoms with Gasteiger partial charge in [-0.2, -0.15) is 0 Å². The number of aromatic nitrogens is 2. The van der Waals surface area contributed by atoms with Crippen LogP contribution < -0.4 is 5.32 Å². The highest BCUT2D eigenvalue weighted by Gasteiger charge is 2.12. The molecule has 6 heteroatoms. The quantitative estimate of drug-likeness (QED) is 0.784. The number of benzene rings is 1. The first kappa shape index (κ1) is 12.1. The maximum absolute atomic E-state index is 12.0. The summed E-state index contributed by atoms with van der Waals surface area (Å²) in [5.41, 5.74) is 0.971. The van der Waals surface area contributed by atoms with Gasteiger partial charge in [-0.1, -0.05) is 29.8 Å². The van der Waals surface area contributed by atoms with Gasteiger partial charge in [-0.3, -0.25) is 10.1 Å². The normalized spacial score (nSPS) is 10.6. The van der Waals surface area contributed by atoms with Gasteiger partial charge >= 0.3 is 0 Å². The lowest BCUT2D eigenvalue weighted by atomic mass is 10.2. The molecule has 0 bridgehead atoms. The summed E-state index contributed by atoms with van der Waals surface area (Å²) in [7, 11) is 0. The summed E-state index contributed by atoms with van der Waals surface area (Å²) in [6.07, 6.45) is 1.63. The zero-order valence-corrected chi connectivity index (χ0v) is 11.2. The minimum absolute atomic E-state index is 0.277. The van der Waals surface area contributed by atoms with Crippen LogP contribution in [0.1, 0.15) is 10.5 Å². The van der Waals surface area contributed by atoms with Crippen LogP contribution in [0, 0.1) is 0 Å². The number of anilines is 1. The van der Waals surface area contributed by atoms with E-state index in [0.717, 1.165) is 5.39 Å². The van der Waals surface area contributed by atoms with Crippen LogP contribution >= 0.6 is 22.9 Å². The lowest BCUT2D eigenvalue weighted by Gasteiger charge is -2.04. The number of carbonyl (C=O) groups excluding carboxylic acids is 1. The Kier molecular flexibility index (Phi) is 3.15. The number of halogens is 1. The number of carbonyl (C=O) groups is 1. The summed E-state index contributed by atoms with van der Waals surface area (Å²) in [5, 5.41) is 6.34. The molecule has 1 N–H and O–H groups in total. The first-order chi connectivity index (χ1) is 9.24. The third-order valence-electron chi connectivity index (χ3n) is 2.55. The number of rotatable bonds is 2. The Morgan fingerprint density at radius 1 is 1.32 bits per heavy atom. The van der Waals surface area contributed by atoms with Crippen molar-refractivity contribution in [3.05, 3.63) is 52.6 Å². The van der Waals surface area contributed by atoms with Gasteiger partial charge in [0.2, 0.25) is 0 Å². The molecule has 2 aromatic heterocycles. The molecule has 0 unspecified atom stereocenters. The van der Waals surface area contributed by atoms with Crippen LogP contribution in [0.3, 0.4) is 0 Å². The molecule has 0 radical (unpaired) electrons. The summed E-state index contributed by atoms with van der Waals surface area (Å²) in [6.45, 7) is 0. The SMILES string of the molecule is O=C(Nc1nccs1)c1cc(Cl)c2ccccc2n1. The Morgan fingerprint density at radius 3 is 2.95 bits per heavy atom. The van der Waals surface area contributed by atoms with Crippen molar-refractivity contribution >= 4 is 44.9 Å². The molecule has 0 atom stereocenters. The van der Waals surface area contributed by atoms with E-state index in [1.165, 1.54) is 11.3 Å². The molecule has 0 fully saturated rings. The molecular formula is C13H8ClN3OS. The Labute approximate surface area is 118 Å². The zero-order valence-electron chi connectivity index (χ0n) is 9.63. The van der Waals surface area contributed by atoms with E-state index in [4.69, 9.17) is 11.6 Å². The molecule has 0 aliphatic carbocycles. The van der Waals surface area contributed by atoms with Gasteiger partial charge in [0, 0.05) is 17.0 Å². The molecule has 0 aliphatic heterocycles. The van der Waals surface area contributed by atoms with E-state index in [9.17, 15) is 4.79 Å². The first-order valence-electron chi connectivity index (χ1n) is 5.50. The fourth-order valence-corrected chi connectivity index (χ4v) is 2.48.